The number of anilines is 1. The summed E-state index contributed by atoms with van der Waals surface area (Å²) in [5.41, 5.74) is -4.38. The number of amides is 1. The monoisotopic (exact) mass is 551 g/mol. The zero-order valence-corrected chi connectivity index (χ0v) is 19.1. The number of halogens is 7. The lowest BCUT2D eigenvalue weighted by atomic mass is 10.0. The quantitative estimate of drug-likeness (QED) is 0.280. The maximum Gasteiger partial charge on any atom is 0.469 e. The van der Waals surface area contributed by atoms with Crippen LogP contribution >= 0.6 is 19.4 Å². The third-order valence-corrected chi connectivity index (χ3v) is 4.78. The van der Waals surface area contributed by atoms with Gasteiger partial charge < -0.3 is 20.2 Å². The molecule has 2 rings (SSSR count). The van der Waals surface area contributed by atoms with E-state index in [0.717, 1.165) is 6.07 Å². The van der Waals surface area contributed by atoms with Crippen molar-refractivity contribution in [2.75, 3.05) is 11.9 Å². The van der Waals surface area contributed by atoms with Gasteiger partial charge >= 0.3 is 26.1 Å². The molecule has 0 aliphatic carbocycles. The van der Waals surface area contributed by atoms with Gasteiger partial charge in [0.15, 0.2) is 0 Å². The van der Waals surface area contributed by atoms with Crippen LogP contribution in [0.25, 0.3) is 0 Å². The highest BCUT2D eigenvalue weighted by atomic mass is 35.5. The average molecular weight is 552 g/mol. The highest BCUT2D eigenvalue weighted by Gasteiger charge is 2.37. The summed E-state index contributed by atoms with van der Waals surface area (Å²) in [5.74, 6) is -2.44. The van der Waals surface area contributed by atoms with E-state index in [0.29, 0.717) is 12.1 Å². The van der Waals surface area contributed by atoms with Gasteiger partial charge in [-0.05, 0) is 42.8 Å². The van der Waals surface area contributed by atoms with Gasteiger partial charge in [0, 0.05) is 16.3 Å². The van der Waals surface area contributed by atoms with Crippen LogP contribution in [0.1, 0.15) is 34.0 Å². The number of rotatable bonds is 6. The van der Waals surface area contributed by atoms with E-state index in [1.807, 2.05) is 5.32 Å². The molecule has 0 fully saturated rings. The van der Waals surface area contributed by atoms with Crippen molar-refractivity contribution >= 4 is 37.0 Å². The maximum absolute atomic E-state index is 12.9. The molecule has 0 atom stereocenters. The standard InChI is InChI=1S/C17H10ClF6NO3.C2H7O4P/c18-13-3-1-2-11(12(13)7-14(26)27)15(28)25-10-5-8(16(19,20)21)4-9(6-10)17(22,23)24;1-2-6-7(3,4)5/h1-6H,7H2,(H,25,28)(H,26,27);2H2,1H3,(H2,3,4,5). The summed E-state index contributed by atoms with van der Waals surface area (Å²) in [7, 11) is -4.17. The Morgan fingerprint density at radius 2 is 1.54 bits per heavy atom. The number of benzene rings is 2. The summed E-state index contributed by atoms with van der Waals surface area (Å²) in [6.07, 6.45) is -10.8. The molecule has 2 aromatic carbocycles. The van der Waals surface area contributed by atoms with E-state index in [2.05, 4.69) is 4.52 Å². The smallest absolute Gasteiger partial charge is 0.469 e. The predicted octanol–water partition coefficient (Wildman–Crippen LogP) is 5.37. The number of hydrogen-bond donors (Lipinski definition) is 4. The first-order chi connectivity index (χ1) is 15.8. The van der Waals surface area contributed by atoms with E-state index in [9.17, 15) is 40.5 Å². The van der Waals surface area contributed by atoms with Crippen LogP contribution in [-0.4, -0.2) is 33.4 Å². The van der Waals surface area contributed by atoms with Gasteiger partial charge in [0.25, 0.3) is 5.91 Å². The third-order valence-electron chi connectivity index (χ3n) is 3.83. The topological polar surface area (TPSA) is 133 Å². The van der Waals surface area contributed by atoms with Gasteiger partial charge in [-0.3, -0.25) is 14.1 Å². The predicted molar refractivity (Wildman–Crippen MR) is 111 cm³/mol. The first-order valence-electron chi connectivity index (χ1n) is 9.15. The van der Waals surface area contributed by atoms with E-state index >= 15 is 0 Å². The van der Waals surface area contributed by atoms with E-state index in [1.54, 1.807) is 0 Å². The number of phosphoric ester groups is 1. The number of carbonyl (C=O) groups is 2. The van der Waals surface area contributed by atoms with Crippen LogP contribution in [0.2, 0.25) is 5.02 Å². The Labute approximate surface area is 198 Å². The van der Waals surface area contributed by atoms with Crippen LogP contribution in [0.3, 0.4) is 0 Å². The molecule has 0 bridgehead atoms. The van der Waals surface area contributed by atoms with Crippen molar-refractivity contribution in [1.82, 2.24) is 0 Å². The van der Waals surface area contributed by atoms with Gasteiger partial charge in [-0.2, -0.15) is 26.3 Å². The second-order valence-corrected chi connectivity index (χ2v) is 8.14. The van der Waals surface area contributed by atoms with Crippen molar-refractivity contribution in [2.45, 2.75) is 25.7 Å². The fourth-order valence-electron chi connectivity index (χ4n) is 2.50. The number of nitrogens with one attached hydrogen (secondary N) is 1. The second-order valence-electron chi connectivity index (χ2n) is 6.49. The number of carboxylic acids is 1. The molecule has 1 amide bonds. The average Bonchev–Trinajstić information content (AvgIpc) is 2.67. The lowest BCUT2D eigenvalue weighted by Crippen LogP contribution is -2.18. The normalized spacial score (nSPS) is 11.9. The zero-order chi connectivity index (χ0) is 27.2. The van der Waals surface area contributed by atoms with Crippen LogP contribution in [0.4, 0.5) is 32.0 Å². The molecule has 0 aliphatic rings. The Hall–Kier alpha value is -2.64. The highest BCUT2D eigenvalue weighted by molar-refractivity contribution is 7.46. The summed E-state index contributed by atoms with van der Waals surface area (Å²) >= 11 is 5.85. The van der Waals surface area contributed by atoms with Crippen LogP contribution in [0.15, 0.2) is 36.4 Å². The molecule has 0 unspecified atom stereocenters. The minimum atomic E-state index is -5.08. The minimum Gasteiger partial charge on any atom is -0.481 e. The number of alkyl halides is 6. The molecule has 2 aromatic rings. The number of carbonyl (C=O) groups excluding carboxylic acids is 1. The molecule has 0 saturated heterocycles. The van der Waals surface area contributed by atoms with Crippen molar-refractivity contribution in [3.8, 4) is 0 Å². The largest absolute Gasteiger partial charge is 0.481 e. The fourth-order valence-corrected chi connectivity index (χ4v) is 3.07. The molecule has 4 N–H and O–H groups in total. The molecule has 8 nitrogen and oxygen atoms in total. The van der Waals surface area contributed by atoms with Crippen molar-refractivity contribution in [3.63, 3.8) is 0 Å². The Morgan fingerprint density at radius 1 is 1.03 bits per heavy atom. The summed E-state index contributed by atoms with van der Waals surface area (Å²) in [6, 6.07) is 4.34. The number of hydrogen-bond acceptors (Lipinski definition) is 4. The molecule has 0 radical (unpaired) electrons. The Balaban J connectivity index is 0.000000762. The van der Waals surface area contributed by atoms with E-state index in [4.69, 9.17) is 26.5 Å². The Kier molecular flexibility index (Phi) is 10.3. The van der Waals surface area contributed by atoms with Crippen molar-refractivity contribution in [1.29, 1.82) is 0 Å². The SMILES string of the molecule is CCOP(=O)(O)O.O=C(O)Cc1c(Cl)cccc1C(=O)Nc1cc(C(F)(F)F)cc(C(F)(F)F)c1. The van der Waals surface area contributed by atoms with Gasteiger partial charge in [-0.25, -0.2) is 4.57 Å². The first kappa shape index (κ1) is 30.4. The minimum absolute atomic E-state index is 0.0459. The first-order valence-corrected chi connectivity index (χ1v) is 11.1. The summed E-state index contributed by atoms with van der Waals surface area (Å²) in [4.78, 5) is 39.1. The molecule has 0 saturated carbocycles. The lowest BCUT2D eigenvalue weighted by molar-refractivity contribution is -0.143. The van der Waals surface area contributed by atoms with Crippen molar-refractivity contribution < 1.29 is 59.9 Å². The molecule has 35 heavy (non-hydrogen) atoms. The molecule has 0 aromatic heterocycles. The van der Waals surface area contributed by atoms with E-state index in [-0.39, 0.29) is 28.8 Å². The molecule has 0 spiro atoms. The number of carboxylic acid groups (broad SMARTS) is 1. The molecular weight excluding hydrogens is 535 g/mol. The number of aliphatic carboxylic acids is 1. The van der Waals surface area contributed by atoms with Crippen LogP contribution in [0.5, 0.6) is 0 Å². The lowest BCUT2D eigenvalue weighted by Gasteiger charge is -2.15. The van der Waals surface area contributed by atoms with Gasteiger partial charge in [0.1, 0.15) is 0 Å². The van der Waals surface area contributed by atoms with Gasteiger partial charge in [-0.1, -0.05) is 17.7 Å². The van der Waals surface area contributed by atoms with Gasteiger partial charge in [-0.15, -0.1) is 0 Å². The van der Waals surface area contributed by atoms with Crippen LogP contribution in [0, 0.1) is 0 Å². The summed E-state index contributed by atoms with van der Waals surface area (Å²) in [6.45, 7) is 1.56. The molecule has 0 aliphatic heterocycles. The van der Waals surface area contributed by atoms with Gasteiger partial charge in [0.05, 0.1) is 24.2 Å². The van der Waals surface area contributed by atoms with Crippen LogP contribution < -0.4 is 5.32 Å². The third kappa shape index (κ3) is 10.2. The van der Waals surface area contributed by atoms with Gasteiger partial charge in [0.2, 0.25) is 0 Å². The Morgan fingerprint density at radius 3 is 1.91 bits per heavy atom. The van der Waals surface area contributed by atoms with Crippen LogP contribution in [-0.2, 0) is 32.7 Å². The summed E-state index contributed by atoms with van der Waals surface area (Å²) in [5, 5.41) is 10.7. The maximum atomic E-state index is 12.9. The molecular formula is C19H17ClF6NO7P. The Bertz CT molecular complexity index is 1090. The number of phosphoric acid groups is 1. The highest BCUT2D eigenvalue weighted by Crippen LogP contribution is 2.38. The van der Waals surface area contributed by atoms with Crippen molar-refractivity contribution in [2.24, 2.45) is 0 Å². The summed E-state index contributed by atoms with van der Waals surface area (Å²) < 4.78 is 91.0. The van der Waals surface area contributed by atoms with Crippen molar-refractivity contribution in [3.05, 3.63) is 63.7 Å². The van der Waals surface area contributed by atoms with E-state index < -0.39 is 55.3 Å². The fraction of sp³-hybridized carbons (Fsp3) is 0.263. The zero-order valence-electron chi connectivity index (χ0n) is 17.4. The second kappa shape index (κ2) is 11.9. The molecule has 194 valence electrons. The van der Waals surface area contributed by atoms with E-state index in [1.165, 1.54) is 19.1 Å². The molecule has 0 heterocycles. The molecule has 16 heteroatoms.